The Kier molecular flexibility index (Phi) is 6.08. The summed E-state index contributed by atoms with van der Waals surface area (Å²) in [6, 6.07) is 11.3. The standard InChI is InChI=1S/C18H19BrClNO2/c1-11(2)14-6-4-12(3)8-17(14)23-10-18(22)21-13-5-7-15(19)16(20)9-13/h4-9,11H,10H2,1-3H3,(H,21,22). The molecule has 1 N–H and O–H groups in total. The van der Waals surface area contributed by atoms with Crippen LogP contribution < -0.4 is 10.1 Å². The second kappa shape index (κ2) is 7.84. The smallest absolute Gasteiger partial charge is 0.262 e. The molecule has 0 radical (unpaired) electrons. The number of nitrogens with one attached hydrogen (secondary N) is 1. The highest BCUT2D eigenvalue weighted by molar-refractivity contribution is 9.10. The lowest BCUT2D eigenvalue weighted by Crippen LogP contribution is -2.20. The number of hydrogen-bond acceptors (Lipinski definition) is 2. The molecule has 0 unspecified atom stereocenters. The third-order valence-corrected chi connectivity index (χ3v) is 4.59. The van der Waals surface area contributed by atoms with Crippen LogP contribution in [0.3, 0.4) is 0 Å². The fourth-order valence-corrected chi connectivity index (χ4v) is 2.58. The average molecular weight is 397 g/mol. The van der Waals surface area contributed by atoms with Gasteiger partial charge in [-0.1, -0.05) is 37.6 Å². The minimum Gasteiger partial charge on any atom is -0.483 e. The number of ether oxygens (including phenoxy) is 1. The quantitative estimate of drug-likeness (QED) is 0.719. The lowest BCUT2D eigenvalue weighted by Gasteiger charge is -2.15. The van der Waals surface area contributed by atoms with Crippen LogP contribution in [0.1, 0.15) is 30.9 Å². The van der Waals surface area contributed by atoms with E-state index >= 15 is 0 Å². The Morgan fingerprint density at radius 1 is 1.26 bits per heavy atom. The topological polar surface area (TPSA) is 38.3 Å². The summed E-state index contributed by atoms with van der Waals surface area (Å²) in [7, 11) is 0. The van der Waals surface area contributed by atoms with Gasteiger partial charge in [0.15, 0.2) is 6.61 Å². The molecule has 0 bridgehead atoms. The summed E-state index contributed by atoms with van der Waals surface area (Å²) >= 11 is 9.33. The average Bonchev–Trinajstić information content (AvgIpc) is 2.48. The number of hydrogen-bond donors (Lipinski definition) is 1. The minimum atomic E-state index is -0.223. The van der Waals surface area contributed by atoms with E-state index in [4.69, 9.17) is 16.3 Å². The molecule has 0 saturated heterocycles. The van der Waals surface area contributed by atoms with Gasteiger partial charge in [-0.15, -0.1) is 0 Å². The molecule has 0 aliphatic rings. The van der Waals surface area contributed by atoms with Crippen molar-refractivity contribution in [1.29, 1.82) is 0 Å². The third-order valence-electron chi connectivity index (χ3n) is 3.35. The minimum absolute atomic E-state index is 0.0448. The van der Waals surface area contributed by atoms with Gasteiger partial charge >= 0.3 is 0 Å². The monoisotopic (exact) mass is 395 g/mol. The second-order valence-electron chi connectivity index (χ2n) is 5.66. The van der Waals surface area contributed by atoms with Gasteiger partial charge in [0.25, 0.3) is 5.91 Å². The molecular weight excluding hydrogens is 378 g/mol. The number of amides is 1. The number of benzene rings is 2. The van der Waals surface area contributed by atoms with Gasteiger partial charge in [0.1, 0.15) is 5.75 Å². The zero-order valence-electron chi connectivity index (χ0n) is 13.3. The number of aryl methyl sites for hydroxylation is 1. The maximum Gasteiger partial charge on any atom is 0.262 e. The fraction of sp³-hybridized carbons (Fsp3) is 0.278. The summed E-state index contributed by atoms with van der Waals surface area (Å²) in [6.45, 7) is 6.15. The van der Waals surface area contributed by atoms with Gasteiger partial charge in [-0.25, -0.2) is 0 Å². The van der Waals surface area contributed by atoms with E-state index in [1.54, 1.807) is 18.2 Å². The second-order valence-corrected chi connectivity index (χ2v) is 6.92. The van der Waals surface area contributed by atoms with E-state index in [1.807, 2.05) is 25.1 Å². The first-order valence-electron chi connectivity index (χ1n) is 7.35. The van der Waals surface area contributed by atoms with Crippen LogP contribution >= 0.6 is 27.5 Å². The van der Waals surface area contributed by atoms with Crippen molar-refractivity contribution in [3.8, 4) is 5.75 Å². The SMILES string of the molecule is Cc1ccc(C(C)C)c(OCC(=O)Nc2ccc(Br)c(Cl)c2)c1. The lowest BCUT2D eigenvalue weighted by molar-refractivity contribution is -0.118. The Hall–Kier alpha value is -1.52. The van der Waals surface area contributed by atoms with Crippen LogP contribution in [-0.4, -0.2) is 12.5 Å². The van der Waals surface area contributed by atoms with Crippen LogP contribution in [0.2, 0.25) is 5.02 Å². The Morgan fingerprint density at radius 2 is 2.00 bits per heavy atom. The molecular formula is C18H19BrClNO2. The zero-order chi connectivity index (χ0) is 17.0. The summed E-state index contributed by atoms with van der Waals surface area (Å²) in [5.74, 6) is 0.863. The summed E-state index contributed by atoms with van der Waals surface area (Å²) in [4.78, 5) is 12.1. The predicted molar refractivity (Wildman–Crippen MR) is 98.5 cm³/mol. The molecule has 0 atom stereocenters. The molecule has 0 heterocycles. The van der Waals surface area contributed by atoms with Gasteiger partial charge in [0, 0.05) is 10.2 Å². The fourth-order valence-electron chi connectivity index (χ4n) is 2.16. The van der Waals surface area contributed by atoms with E-state index in [0.717, 1.165) is 21.3 Å². The molecule has 0 aliphatic carbocycles. The Balaban J connectivity index is 2.01. The summed E-state index contributed by atoms with van der Waals surface area (Å²) in [5, 5.41) is 3.32. The molecule has 0 saturated carbocycles. The molecule has 0 spiro atoms. The molecule has 0 fully saturated rings. The lowest BCUT2D eigenvalue weighted by atomic mass is 10.0. The van der Waals surface area contributed by atoms with Crippen molar-refractivity contribution in [1.82, 2.24) is 0 Å². The van der Waals surface area contributed by atoms with Crippen molar-refractivity contribution in [3.05, 3.63) is 57.0 Å². The molecule has 2 aromatic carbocycles. The zero-order valence-corrected chi connectivity index (χ0v) is 15.7. The first kappa shape index (κ1) is 17.8. The van der Waals surface area contributed by atoms with Crippen molar-refractivity contribution < 1.29 is 9.53 Å². The highest BCUT2D eigenvalue weighted by atomic mass is 79.9. The van der Waals surface area contributed by atoms with E-state index in [1.165, 1.54) is 0 Å². The molecule has 2 aromatic rings. The largest absolute Gasteiger partial charge is 0.483 e. The van der Waals surface area contributed by atoms with Crippen molar-refractivity contribution in [2.45, 2.75) is 26.7 Å². The van der Waals surface area contributed by atoms with E-state index in [0.29, 0.717) is 16.6 Å². The van der Waals surface area contributed by atoms with Crippen molar-refractivity contribution >= 4 is 39.1 Å². The number of carbonyl (C=O) groups excluding carboxylic acids is 1. The Bertz CT molecular complexity index is 716. The third kappa shape index (κ3) is 4.98. The van der Waals surface area contributed by atoms with E-state index in [-0.39, 0.29) is 12.5 Å². The van der Waals surface area contributed by atoms with Crippen LogP contribution in [-0.2, 0) is 4.79 Å². The van der Waals surface area contributed by atoms with Crippen molar-refractivity contribution in [3.63, 3.8) is 0 Å². The van der Waals surface area contributed by atoms with E-state index in [9.17, 15) is 4.79 Å². The first-order chi connectivity index (χ1) is 10.9. The Labute approximate surface area is 150 Å². The molecule has 0 aromatic heterocycles. The van der Waals surface area contributed by atoms with Crippen LogP contribution in [0, 0.1) is 6.92 Å². The van der Waals surface area contributed by atoms with Crippen LogP contribution in [0.4, 0.5) is 5.69 Å². The Morgan fingerprint density at radius 3 is 2.65 bits per heavy atom. The normalized spacial score (nSPS) is 10.7. The number of carbonyl (C=O) groups is 1. The summed E-state index contributed by atoms with van der Waals surface area (Å²) in [5.41, 5.74) is 2.83. The van der Waals surface area contributed by atoms with Crippen LogP contribution in [0.25, 0.3) is 0 Å². The maximum absolute atomic E-state index is 12.1. The number of halogens is 2. The van der Waals surface area contributed by atoms with Crippen LogP contribution in [0.5, 0.6) is 5.75 Å². The van der Waals surface area contributed by atoms with E-state index < -0.39 is 0 Å². The summed E-state index contributed by atoms with van der Waals surface area (Å²) < 4.78 is 6.50. The van der Waals surface area contributed by atoms with Gasteiger partial charge in [0.2, 0.25) is 0 Å². The molecule has 3 nitrogen and oxygen atoms in total. The van der Waals surface area contributed by atoms with Gasteiger partial charge in [-0.05, 0) is 64.2 Å². The number of anilines is 1. The van der Waals surface area contributed by atoms with Gasteiger partial charge < -0.3 is 10.1 Å². The maximum atomic E-state index is 12.1. The highest BCUT2D eigenvalue weighted by Gasteiger charge is 2.11. The molecule has 23 heavy (non-hydrogen) atoms. The predicted octanol–water partition coefficient (Wildman–Crippen LogP) is 5.55. The molecule has 2 rings (SSSR count). The van der Waals surface area contributed by atoms with Crippen molar-refractivity contribution in [2.75, 3.05) is 11.9 Å². The first-order valence-corrected chi connectivity index (χ1v) is 8.52. The number of rotatable bonds is 5. The molecule has 122 valence electrons. The molecule has 1 amide bonds. The molecule has 0 aliphatic heterocycles. The van der Waals surface area contributed by atoms with Gasteiger partial charge in [0.05, 0.1) is 5.02 Å². The molecule has 5 heteroatoms. The highest BCUT2D eigenvalue weighted by Crippen LogP contribution is 2.28. The van der Waals surface area contributed by atoms with Crippen molar-refractivity contribution in [2.24, 2.45) is 0 Å². The van der Waals surface area contributed by atoms with E-state index in [2.05, 4.69) is 35.1 Å². The van der Waals surface area contributed by atoms with Crippen LogP contribution in [0.15, 0.2) is 40.9 Å². The van der Waals surface area contributed by atoms with Gasteiger partial charge in [-0.3, -0.25) is 4.79 Å². The summed E-state index contributed by atoms with van der Waals surface area (Å²) in [6.07, 6.45) is 0. The van der Waals surface area contributed by atoms with Gasteiger partial charge in [-0.2, -0.15) is 0 Å².